The van der Waals surface area contributed by atoms with Crippen molar-refractivity contribution in [3.63, 3.8) is 0 Å². The number of rotatable bonds is 7. The molecule has 0 spiro atoms. The van der Waals surface area contributed by atoms with Crippen LogP contribution in [0.1, 0.15) is 5.82 Å². The maximum Gasteiger partial charge on any atom is 0.234 e. The summed E-state index contributed by atoms with van der Waals surface area (Å²) in [6, 6.07) is 13.8. The van der Waals surface area contributed by atoms with Crippen molar-refractivity contribution in [3.05, 3.63) is 64.4 Å². The van der Waals surface area contributed by atoms with E-state index in [-0.39, 0.29) is 24.0 Å². The quantitative estimate of drug-likeness (QED) is 0.531. The van der Waals surface area contributed by atoms with Crippen LogP contribution < -0.4 is 10.6 Å². The first-order valence-corrected chi connectivity index (χ1v) is 10.3. The topological polar surface area (TPSA) is 88.9 Å². The SMILES string of the molecule is Cn1c(CC(=O)Nc2ccc(Cl)cc2)nnc1SCC(=O)Nc1cccc(Cl)c1. The van der Waals surface area contributed by atoms with E-state index in [4.69, 9.17) is 23.2 Å². The van der Waals surface area contributed by atoms with Crippen LogP contribution in [-0.2, 0) is 23.1 Å². The number of thioether (sulfide) groups is 1. The van der Waals surface area contributed by atoms with Crippen LogP contribution in [0.4, 0.5) is 11.4 Å². The van der Waals surface area contributed by atoms with Gasteiger partial charge in [0.15, 0.2) is 5.16 Å². The van der Waals surface area contributed by atoms with Gasteiger partial charge in [-0.1, -0.05) is 41.0 Å². The molecule has 0 unspecified atom stereocenters. The summed E-state index contributed by atoms with van der Waals surface area (Å²) in [4.78, 5) is 24.3. The van der Waals surface area contributed by atoms with Crippen LogP contribution >= 0.6 is 35.0 Å². The Kier molecular flexibility index (Phi) is 7.13. The van der Waals surface area contributed by atoms with E-state index >= 15 is 0 Å². The smallest absolute Gasteiger partial charge is 0.234 e. The summed E-state index contributed by atoms with van der Waals surface area (Å²) in [5.74, 6) is 0.227. The molecular weight excluding hydrogens is 433 g/mol. The molecule has 0 saturated heterocycles. The maximum absolute atomic E-state index is 12.2. The number of carbonyl (C=O) groups is 2. The molecule has 3 rings (SSSR count). The molecule has 2 amide bonds. The molecule has 150 valence electrons. The van der Waals surface area contributed by atoms with Crippen molar-refractivity contribution in [2.75, 3.05) is 16.4 Å². The van der Waals surface area contributed by atoms with Crippen molar-refractivity contribution in [1.29, 1.82) is 0 Å². The van der Waals surface area contributed by atoms with Crippen molar-refractivity contribution < 1.29 is 9.59 Å². The van der Waals surface area contributed by atoms with Crippen LogP contribution in [-0.4, -0.2) is 32.3 Å². The first kappa shape index (κ1) is 21.2. The van der Waals surface area contributed by atoms with Crippen molar-refractivity contribution in [3.8, 4) is 0 Å². The van der Waals surface area contributed by atoms with Gasteiger partial charge in [0.25, 0.3) is 0 Å². The zero-order chi connectivity index (χ0) is 20.8. The fraction of sp³-hybridized carbons (Fsp3) is 0.158. The fourth-order valence-corrected chi connectivity index (χ4v) is 3.45. The number of aromatic nitrogens is 3. The third kappa shape index (κ3) is 6.22. The number of halogens is 2. The third-order valence-corrected chi connectivity index (χ3v) is 5.32. The molecule has 29 heavy (non-hydrogen) atoms. The molecule has 3 aromatic rings. The van der Waals surface area contributed by atoms with Crippen LogP contribution in [0.2, 0.25) is 10.0 Å². The Morgan fingerprint density at radius 3 is 2.41 bits per heavy atom. The van der Waals surface area contributed by atoms with Crippen LogP contribution in [0.3, 0.4) is 0 Å². The minimum Gasteiger partial charge on any atom is -0.326 e. The van der Waals surface area contributed by atoms with Crippen LogP contribution in [0.15, 0.2) is 53.7 Å². The van der Waals surface area contributed by atoms with E-state index in [1.54, 1.807) is 60.1 Å². The molecule has 0 aliphatic rings. The molecule has 0 atom stereocenters. The molecule has 0 aliphatic carbocycles. The monoisotopic (exact) mass is 449 g/mol. The van der Waals surface area contributed by atoms with E-state index in [1.165, 1.54) is 11.8 Å². The molecule has 2 N–H and O–H groups in total. The van der Waals surface area contributed by atoms with Gasteiger partial charge >= 0.3 is 0 Å². The Balaban J connectivity index is 1.52. The van der Waals surface area contributed by atoms with E-state index in [0.29, 0.717) is 32.4 Å². The molecule has 1 heterocycles. The molecule has 2 aromatic carbocycles. The normalized spacial score (nSPS) is 10.6. The minimum atomic E-state index is -0.224. The van der Waals surface area contributed by atoms with Gasteiger partial charge in [0, 0.05) is 28.5 Å². The number of nitrogens with zero attached hydrogens (tertiary/aromatic N) is 3. The Labute approximate surface area is 181 Å². The average Bonchev–Trinajstić information content (AvgIpc) is 3.01. The summed E-state index contributed by atoms with van der Waals surface area (Å²) >= 11 is 13.0. The van der Waals surface area contributed by atoms with Gasteiger partial charge in [0.2, 0.25) is 11.8 Å². The predicted molar refractivity (Wildman–Crippen MR) is 116 cm³/mol. The molecule has 1 aromatic heterocycles. The molecule has 0 radical (unpaired) electrons. The Morgan fingerprint density at radius 2 is 1.69 bits per heavy atom. The van der Waals surface area contributed by atoms with E-state index in [1.807, 2.05) is 0 Å². The van der Waals surface area contributed by atoms with Gasteiger partial charge in [0.05, 0.1) is 12.2 Å². The number of hydrogen-bond donors (Lipinski definition) is 2. The number of benzene rings is 2. The van der Waals surface area contributed by atoms with Crippen LogP contribution in [0.25, 0.3) is 0 Å². The van der Waals surface area contributed by atoms with Crippen LogP contribution in [0, 0.1) is 0 Å². The lowest BCUT2D eigenvalue weighted by Gasteiger charge is -2.07. The van der Waals surface area contributed by atoms with Gasteiger partial charge in [-0.2, -0.15) is 0 Å². The summed E-state index contributed by atoms with van der Waals surface area (Å²) in [5.41, 5.74) is 1.27. The zero-order valence-electron chi connectivity index (χ0n) is 15.4. The number of anilines is 2. The van der Waals surface area contributed by atoms with Gasteiger partial charge < -0.3 is 15.2 Å². The largest absolute Gasteiger partial charge is 0.326 e. The summed E-state index contributed by atoms with van der Waals surface area (Å²) in [7, 11) is 1.75. The van der Waals surface area contributed by atoms with E-state index in [0.717, 1.165) is 0 Å². The Hall–Kier alpha value is -2.55. The molecule has 0 aliphatic heterocycles. The molecule has 0 fully saturated rings. The average molecular weight is 450 g/mol. The fourth-order valence-electron chi connectivity index (χ4n) is 2.40. The van der Waals surface area contributed by atoms with Gasteiger partial charge in [-0.15, -0.1) is 10.2 Å². The molecular formula is C19H17Cl2N5O2S. The van der Waals surface area contributed by atoms with Gasteiger partial charge in [0.1, 0.15) is 5.82 Å². The molecule has 0 saturated carbocycles. The van der Waals surface area contributed by atoms with E-state index in [2.05, 4.69) is 20.8 Å². The second-order valence-corrected chi connectivity index (χ2v) is 7.85. The highest BCUT2D eigenvalue weighted by Crippen LogP contribution is 2.19. The standard InChI is InChI=1S/C19H17Cl2N5O2S/c1-26-16(10-17(27)22-14-7-5-12(20)6-8-14)24-25-19(26)29-11-18(28)23-15-4-2-3-13(21)9-15/h2-9H,10-11H2,1H3,(H,22,27)(H,23,28). The third-order valence-electron chi connectivity index (χ3n) is 3.81. The molecule has 7 nitrogen and oxygen atoms in total. The predicted octanol–water partition coefficient (Wildman–Crippen LogP) is 4.03. The first-order chi connectivity index (χ1) is 13.9. The highest BCUT2D eigenvalue weighted by molar-refractivity contribution is 7.99. The summed E-state index contributed by atoms with van der Waals surface area (Å²) < 4.78 is 1.69. The highest BCUT2D eigenvalue weighted by Gasteiger charge is 2.15. The lowest BCUT2D eigenvalue weighted by Crippen LogP contribution is -2.17. The lowest BCUT2D eigenvalue weighted by atomic mass is 10.3. The van der Waals surface area contributed by atoms with Gasteiger partial charge in [-0.25, -0.2) is 0 Å². The number of nitrogens with one attached hydrogen (secondary N) is 2. The van der Waals surface area contributed by atoms with Gasteiger partial charge in [-0.3, -0.25) is 9.59 Å². The summed E-state index contributed by atoms with van der Waals surface area (Å²) in [5, 5.41) is 15.3. The van der Waals surface area contributed by atoms with Crippen molar-refractivity contribution >= 4 is 58.2 Å². The number of carbonyl (C=O) groups excluding carboxylic acids is 2. The number of amides is 2. The minimum absolute atomic E-state index is 0.0569. The van der Waals surface area contributed by atoms with Crippen LogP contribution in [0.5, 0.6) is 0 Å². The molecule has 10 heteroatoms. The van der Waals surface area contributed by atoms with Gasteiger partial charge in [-0.05, 0) is 42.5 Å². The Bertz CT molecular complexity index is 1020. The maximum atomic E-state index is 12.2. The zero-order valence-corrected chi connectivity index (χ0v) is 17.7. The summed E-state index contributed by atoms with van der Waals surface area (Å²) in [6.07, 6.45) is 0.0569. The second kappa shape index (κ2) is 9.78. The van der Waals surface area contributed by atoms with Crippen molar-refractivity contribution in [2.24, 2.45) is 7.05 Å². The highest BCUT2D eigenvalue weighted by atomic mass is 35.5. The lowest BCUT2D eigenvalue weighted by molar-refractivity contribution is -0.116. The van der Waals surface area contributed by atoms with E-state index in [9.17, 15) is 9.59 Å². The van der Waals surface area contributed by atoms with E-state index < -0.39 is 0 Å². The molecule has 0 bridgehead atoms. The first-order valence-electron chi connectivity index (χ1n) is 8.52. The summed E-state index contributed by atoms with van der Waals surface area (Å²) in [6.45, 7) is 0. The van der Waals surface area contributed by atoms with Crippen molar-refractivity contribution in [1.82, 2.24) is 14.8 Å². The van der Waals surface area contributed by atoms with Crippen molar-refractivity contribution in [2.45, 2.75) is 11.6 Å². The Morgan fingerprint density at radius 1 is 0.966 bits per heavy atom. The second-order valence-electron chi connectivity index (χ2n) is 6.04. The number of hydrogen-bond acceptors (Lipinski definition) is 5.